The largest absolute Gasteiger partial charge is 0.368 e. The summed E-state index contributed by atoms with van der Waals surface area (Å²) in [5.74, 6) is -0.548. The molecule has 2 amide bonds. The van der Waals surface area contributed by atoms with Crippen molar-refractivity contribution in [3.05, 3.63) is 33.4 Å². The summed E-state index contributed by atoms with van der Waals surface area (Å²) in [6.45, 7) is 0.00941. The van der Waals surface area contributed by atoms with Crippen LogP contribution in [-0.4, -0.2) is 29.3 Å². The smallest absolute Gasteiger partial charge is 0.254 e. The Morgan fingerprint density at radius 2 is 1.79 bits per heavy atom. The first-order valence-corrected chi connectivity index (χ1v) is 7.50. The molecule has 0 atom stereocenters. The van der Waals surface area contributed by atoms with Gasteiger partial charge in [0.1, 0.15) is 0 Å². The predicted octanol–water partition coefficient (Wildman–Crippen LogP) is 2.16. The summed E-state index contributed by atoms with van der Waals surface area (Å²) in [4.78, 5) is 25.3. The lowest BCUT2D eigenvalue weighted by atomic mass is 10.1. The topological polar surface area (TPSA) is 63.4 Å². The van der Waals surface area contributed by atoms with Gasteiger partial charge in [-0.15, -0.1) is 0 Å². The van der Waals surface area contributed by atoms with Crippen LogP contribution < -0.4 is 5.73 Å². The van der Waals surface area contributed by atoms with Crippen molar-refractivity contribution in [2.75, 3.05) is 6.54 Å². The Morgan fingerprint density at radius 1 is 1.21 bits per heavy atom. The monoisotopic (exact) mass is 372 g/mol. The minimum atomic E-state index is -0.453. The van der Waals surface area contributed by atoms with Crippen molar-refractivity contribution < 1.29 is 9.59 Å². The Morgan fingerprint density at radius 3 is 2.32 bits per heavy atom. The zero-order chi connectivity index (χ0) is 13.8. The molecule has 1 fully saturated rings. The molecule has 1 saturated carbocycles. The number of primary amides is 1. The molecule has 0 aliphatic heterocycles. The summed E-state index contributed by atoms with van der Waals surface area (Å²) in [7, 11) is 0. The normalized spacial score (nSPS) is 15.4. The van der Waals surface area contributed by atoms with Gasteiger partial charge in [0.25, 0.3) is 5.91 Å². The standard InChI is InChI=1S/C14H17IN2O2/c15-11-7-5-10(6-8-11)14(19)17(9-13(16)18)12-3-1-2-4-12/h5-8,12H,1-4,9H2,(H2,16,18). The maximum Gasteiger partial charge on any atom is 0.254 e. The number of carbonyl (C=O) groups excluding carboxylic acids is 2. The third kappa shape index (κ3) is 3.68. The van der Waals surface area contributed by atoms with Crippen LogP contribution in [0.5, 0.6) is 0 Å². The molecule has 4 nitrogen and oxygen atoms in total. The highest BCUT2D eigenvalue weighted by Gasteiger charge is 2.28. The molecule has 102 valence electrons. The van der Waals surface area contributed by atoms with Gasteiger partial charge in [0.15, 0.2) is 0 Å². The number of nitrogens with two attached hydrogens (primary N) is 1. The molecule has 2 rings (SSSR count). The van der Waals surface area contributed by atoms with Crippen molar-refractivity contribution in [3.8, 4) is 0 Å². The number of carbonyl (C=O) groups is 2. The Bertz CT molecular complexity index is 467. The lowest BCUT2D eigenvalue weighted by Gasteiger charge is -2.27. The molecule has 1 aromatic carbocycles. The molecular formula is C14H17IN2O2. The first kappa shape index (κ1) is 14.3. The van der Waals surface area contributed by atoms with Crippen molar-refractivity contribution in [1.82, 2.24) is 4.90 Å². The first-order chi connectivity index (χ1) is 9.08. The van der Waals surface area contributed by atoms with Crippen molar-refractivity contribution in [2.24, 2.45) is 5.73 Å². The Kier molecular flexibility index (Phi) is 4.79. The molecule has 19 heavy (non-hydrogen) atoms. The second-order valence-corrected chi connectivity index (χ2v) is 6.09. The molecule has 1 aromatic rings. The SMILES string of the molecule is NC(=O)CN(C(=O)c1ccc(I)cc1)C1CCCC1. The van der Waals surface area contributed by atoms with E-state index in [-0.39, 0.29) is 18.5 Å². The molecule has 0 spiro atoms. The number of hydrogen-bond acceptors (Lipinski definition) is 2. The van der Waals surface area contributed by atoms with Gasteiger partial charge in [-0.3, -0.25) is 9.59 Å². The fraction of sp³-hybridized carbons (Fsp3) is 0.429. The number of benzene rings is 1. The van der Waals surface area contributed by atoms with E-state index in [4.69, 9.17) is 5.73 Å². The highest BCUT2D eigenvalue weighted by atomic mass is 127. The van der Waals surface area contributed by atoms with E-state index < -0.39 is 5.91 Å². The third-order valence-electron chi connectivity index (χ3n) is 3.44. The van der Waals surface area contributed by atoms with Crippen molar-refractivity contribution in [1.29, 1.82) is 0 Å². The zero-order valence-corrected chi connectivity index (χ0v) is 12.8. The number of rotatable bonds is 4. The van der Waals surface area contributed by atoms with Crippen LogP contribution in [0.2, 0.25) is 0 Å². The number of nitrogens with zero attached hydrogens (tertiary/aromatic N) is 1. The molecule has 0 heterocycles. The maximum atomic E-state index is 12.5. The van der Waals surface area contributed by atoms with Gasteiger partial charge in [0.2, 0.25) is 5.91 Å². The van der Waals surface area contributed by atoms with E-state index in [0.717, 1.165) is 29.3 Å². The molecule has 1 aliphatic carbocycles. The third-order valence-corrected chi connectivity index (χ3v) is 4.16. The molecule has 1 aliphatic rings. The lowest BCUT2D eigenvalue weighted by Crippen LogP contribution is -2.44. The lowest BCUT2D eigenvalue weighted by molar-refractivity contribution is -0.119. The van der Waals surface area contributed by atoms with Crippen LogP contribution in [-0.2, 0) is 4.79 Å². The van der Waals surface area contributed by atoms with Gasteiger partial charge in [-0.1, -0.05) is 12.8 Å². The average Bonchev–Trinajstić information content (AvgIpc) is 2.89. The van der Waals surface area contributed by atoms with E-state index in [1.807, 2.05) is 12.1 Å². The highest BCUT2D eigenvalue weighted by molar-refractivity contribution is 14.1. The van der Waals surface area contributed by atoms with Crippen molar-refractivity contribution in [3.63, 3.8) is 0 Å². The van der Waals surface area contributed by atoms with Crippen LogP contribution in [0.1, 0.15) is 36.0 Å². The Balaban J connectivity index is 2.18. The molecule has 0 radical (unpaired) electrons. The number of halogens is 1. The van der Waals surface area contributed by atoms with Gasteiger partial charge < -0.3 is 10.6 Å². The maximum absolute atomic E-state index is 12.5. The zero-order valence-electron chi connectivity index (χ0n) is 10.6. The predicted molar refractivity (Wildman–Crippen MR) is 81.6 cm³/mol. The minimum Gasteiger partial charge on any atom is -0.368 e. The fourth-order valence-corrected chi connectivity index (χ4v) is 2.87. The van der Waals surface area contributed by atoms with Crippen LogP contribution >= 0.6 is 22.6 Å². The molecule has 0 saturated heterocycles. The van der Waals surface area contributed by atoms with E-state index in [0.29, 0.717) is 5.56 Å². The van der Waals surface area contributed by atoms with Crippen LogP contribution in [0.4, 0.5) is 0 Å². The molecule has 0 unspecified atom stereocenters. The Hall–Kier alpha value is -1.11. The van der Waals surface area contributed by atoms with E-state index >= 15 is 0 Å². The van der Waals surface area contributed by atoms with E-state index in [9.17, 15) is 9.59 Å². The Labute approximate surface area is 126 Å². The van der Waals surface area contributed by atoms with Crippen molar-refractivity contribution in [2.45, 2.75) is 31.7 Å². The van der Waals surface area contributed by atoms with Gasteiger partial charge in [0, 0.05) is 15.2 Å². The fourth-order valence-electron chi connectivity index (χ4n) is 2.51. The average molecular weight is 372 g/mol. The molecule has 0 bridgehead atoms. The molecular weight excluding hydrogens is 355 g/mol. The number of amides is 2. The van der Waals surface area contributed by atoms with E-state index in [1.165, 1.54) is 0 Å². The highest BCUT2D eigenvalue weighted by Crippen LogP contribution is 2.24. The summed E-state index contributed by atoms with van der Waals surface area (Å²) in [6.07, 6.45) is 4.15. The van der Waals surface area contributed by atoms with E-state index in [1.54, 1.807) is 17.0 Å². The summed E-state index contributed by atoms with van der Waals surface area (Å²) in [6, 6.07) is 7.54. The molecule has 5 heteroatoms. The van der Waals surface area contributed by atoms with Crippen LogP contribution in [0, 0.1) is 3.57 Å². The van der Waals surface area contributed by atoms with Gasteiger partial charge in [-0.05, 0) is 59.7 Å². The summed E-state index contributed by atoms with van der Waals surface area (Å²) in [5, 5.41) is 0. The molecule has 2 N–H and O–H groups in total. The first-order valence-electron chi connectivity index (χ1n) is 6.43. The van der Waals surface area contributed by atoms with Crippen LogP contribution in [0.15, 0.2) is 24.3 Å². The second kappa shape index (κ2) is 6.36. The van der Waals surface area contributed by atoms with Gasteiger partial charge in [-0.2, -0.15) is 0 Å². The van der Waals surface area contributed by atoms with Gasteiger partial charge in [0.05, 0.1) is 6.54 Å². The quantitative estimate of drug-likeness (QED) is 0.824. The van der Waals surface area contributed by atoms with Crippen LogP contribution in [0.25, 0.3) is 0 Å². The summed E-state index contributed by atoms with van der Waals surface area (Å²) >= 11 is 2.20. The van der Waals surface area contributed by atoms with Gasteiger partial charge in [-0.25, -0.2) is 0 Å². The van der Waals surface area contributed by atoms with Gasteiger partial charge >= 0.3 is 0 Å². The van der Waals surface area contributed by atoms with Crippen LogP contribution in [0.3, 0.4) is 0 Å². The molecule has 0 aromatic heterocycles. The second-order valence-electron chi connectivity index (χ2n) is 4.84. The van der Waals surface area contributed by atoms with Crippen molar-refractivity contribution >= 4 is 34.4 Å². The summed E-state index contributed by atoms with van der Waals surface area (Å²) in [5.41, 5.74) is 5.89. The minimum absolute atomic E-state index is 0.00941. The number of hydrogen-bond donors (Lipinski definition) is 1. The summed E-state index contributed by atoms with van der Waals surface area (Å²) < 4.78 is 1.08. The van der Waals surface area contributed by atoms with E-state index in [2.05, 4.69) is 22.6 Å².